The first kappa shape index (κ1) is 15.7. The lowest BCUT2D eigenvalue weighted by molar-refractivity contribution is 0.119. The molecule has 1 aromatic heterocycles. The van der Waals surface area contributed by atoms with Crippen LogP contribution >= 0.6 is 12.2 Å². The molecule has 2 N–H and O–H groups in total. The van der Waals surface area contributed by atoms with Gasteiger partial charge in [0.15, 0.2) is 9.84 Å². The van der Waals surface area contributed by atoms with Gasteiger partial charge in [-0.3, -0.25) is 0 Å². The molecule has 2 rings (SSSR count). The van der Waals surface area contributed by atoms with E-state index in [0.29, 0.717) is 11.3 Å². The van der Waals surface area contributed by atoms with Crippen LogP contribution in [0.3, 0.4) is 0 Å². The Morgan fingerprint density at radius 3 is 2.76 bits per heavy atom. The van der Waals surface area contributed by atoms with E-state index in [9.17, 15) is 8.42 Å². The van der Waals surface area contributed by atoms with Crippen molar-refractivity contribution in [2.75, 3.05) is 12.4 Å². The Morgan fingerprint density at radius 1 is 1.29 bits per heavy atom. The summed E-state index contributed by atoms with van der Waals surface area (Å²) in [5, 5.41) is 0. The fraction of sp³-hybridized carbons (Fsp3) is 0.214. The molecule has 0 atom stereocenters. The molecule has 7 heteroatoms. The standard InChI is InChI=1S/C14H15NO4S2/c15-14(20)11-3-1-5-13(9-11)21(16,17)8-7-18-10-12-4-2-6-19-12/h1-6,9H,7-8,10H2,(H2,15,20). The second kappa shape index (κ2) is 6.84. The zero-order valence-electron chi connectivity index (χ0n) is 11.2. The summed E-state index contributed by atoms with van der Waals surface area (Å²) in [4.78, 5) is 0.357. The number of nitrogens with two attached hydrogens (primary N) is 1. The van der Waals surface area contributed by atoms with Crippen molar-refractivity contribution in [3.8, 4) is 0 Å². The number of sulfone groups is 1. The van der Waals surface area contributed by atoms with E-state index in [0.717, 1.165) is 0 Å². The van der Waals surface area contributed by atoms with Crippen molar-refractivity contribution in [3.63, 3.8) is 0 Å². The van der Waals surface area contributed by atoms with Gasteiger partial charge in [0.2, 0.25) is 0 Å². The van der Waals surface area contributed by atoms with Gasteiger partial charge in [-0.25, -0.2) is 8.42 Å². The molecule has 0 unspecified atom stereocenters. The van der Waals surface area contributed by atoms with Crippen LogP contribution in [0.5, 0.6) is 0 Å². The number of benzene rings is 1. The minimum Gasteiger partial charge on any atom is -0.467 e. The molecule has 21 heavy (non-hydrogen) atoms. The highest BCUT2D eigenvalue weighted by atomic mass is 32.2. The molecule has 0 fully saturated rings. The molecule has 1 heterocycles. The predicted molar refractivity (Wildman–Crippen MR) is 82.7 cm³/mol. The highest BCUT2D eigenvalue weighted by molar-refractivity contribution is 7.91. The van der Waals surface area contributed by atoms with Crippen LogP contribution in [0, 0.1) is 0 Å². The maximum Gasteiger partial charge on any atom is 0.180 e. The van der Waals surface area contributed by atoms with Gasteiger partial charge in [0.25, 0.3) is 0 Å². The summed E-state index contributed by atoms with van der Waals surface area (Å²) in [6, 6.07) is 9.80. The topological polar surface area (TPSA) is 82.5 Å². The Hall–Kier alpha value is -1.70. The molecule has 112 valence electrons. The SMILES string of the molecule is NC(=S)c1cccc(S(=O)(=O)CCOCc2ccco2)c1. The van der Waals surface area contributed by atoms with Crippen LogP contribution in [0.25, 0.3) is 0 Å². The summed E-state index contributed by atoms with van der Waals surface area (Å²) in [5.74, 6) is 0.539. The Labute approximate surface area is 128 Å². The van der Waals surface area contributed by atoms with Gasteiger partial charge >= 0.3 is 0 Å². The van der Waals surface area contributed by atoms with Crippen LogP contribution in [0.15, 0.2) is 52.0 Å². The van der Waals surface area contributed by atoms with Gasteiger partial charge in [0.05, 0.1) is 23.5 Å². The normalized spacial score (nSPS) is 11.4. The number of hydrogen-bond acceptors (Lipinski definition) is 5. The van der Waals surface area contributed by atoms with Crippen molar-refractivity contribution in [3.05, 3.63) is 54.0 Å². The monoisotopic (exact) mass is 325 g/mol. The molecule has 0 saturated heterocycles. The van der Waals surface area contributed by atoms with Gasteiger partial charge in [-0.15, -0.1) is 0 Å². The molecule has 0 spiro atoms. The van der Waals surface area contributed by atoms with Gasteiger partial charge < -0.3 is 14.9 Å². The Bertz CT molecular complexity index is 708. The number of thiocarbonyl (C=S) groups is 1. The molecule has 1 aromatic carbocycles. The summed E-state index contributed by atoms with van der Waals surface area (Å²) in [6.07, 6.45) is 1.54. The minimum atomic E-state index is -3.43. The summed E-state index contributed by atoms with van der Waals surface area (Å²) in [5.41, 5.74) is 6.03. The molecule has 2 aromatic rings. The van der Waals surface area contributed by atoms with E-state index in [-0.39, 0.29) is 28.9 Å². The van der Waals surface area contributed by atoms with Gasteiger partial charge in [-0.05, 0) is 24.3 Å². The highest BCUT2D eigenvalue weighted by Crippen LogP contribution is 2.14. The third-order valence-corrected chi connectivity index (χ3v) is 4.71. The summed E-state index contributed by atoms with van der Waals surface area (Å²) < 4.78 is 34.7. The van der Waals surface area contributed by atoms with E-state index in [4.69, 9.17) is 27.1 Å². The van der Waals surface area contributed by atoms with Gasteiger partial charge in [-0.2, -0.15) is 0 Å². The first-order valence-corrected chi connectivity index (χ1v) is 8.28. The van der Waals surface area contributed by atoms with Gasteiger partial charge in [0.1, 0.15) is 17.4 Å². The Kier molecular flexibility index (Phi) is 5.11. The molecular formula is C14H15NO4S2. The van der Waals surface area contributed by atoms with Gasteiger partial charge in [0, 0.05) is 5.56 Å². The molecule has 0 saturated carbocycles. The van der Waals surface area contributed by atoms with E-state index < -0.39 is 9.84 Å². The third-order valence-electron chi connectivity index (χ3n) is 2.80. The molecular weight excluding hydrogens is 310 g/mol. The molecule has 0 aliphatic heterocycles. The maximum atomic E-state index is 12.2. The second-order valence-corrected chi connectivity index (χ2v) is 6.89. The van der Waals surface area contributed by atoms with E-state index in [1.54, 1.807) is 24.3 Å². The quantitative estimate of drug-likeness (QED) is 0.618. The lowest BCUT2D eigenvalue weighted by atomic mass is 10.2. The second-order valence-electron chi connectivity index (χ2n) is 4.34. The van der Waals surface area contributed by atoms with Crippen molar-refractivity contribution in [2.24, 2.45) is 5.73 Å². The fourth-order valence-corrected chi connectivity index (χ4v) is 2.99. The van der Waals surface area contributed by atoms with Gasteiger partial charge in [-0.1, -0.05) is 24.4 Å². The zero-order valence-corrected chi connectivity index (χ0v) is 12.8. The Morgan fingerprint density at radius 2 is 2.10 bits per heavy atom. The number of hydrogen-bond donors (Lipinski definition) is 1. The van der Waals surface area contributed by atoms with Crippen LogP contribution in [0.4, 0.5) is 0 Å². The number of rotatable bonds is 7. The van der Waals surface area contributed by atoms with Crippen LogP contribution < -0.4 is 5.73 Å². The third kappa shape index (κ3) is 4.38. The minimum absolute atomic E-state index is 0.0837. The lowest BCUT2D eigenvalue weighted by Gasteiger charge is -2.06. The smallest absolute Gasteiger partial charge is 0.180 e. The molecule has 0 aliphatic rings. The van der Waals surface area contributed by atoms with Crippen LogP contribution in [0.1, 0.15) is 11.3 Å². The summed E-state index contributed by atoms with van der Waals surface area (Å²) in [6.45, 7) is 0.329. The molecule has 5 nitrogen and oxygen atoms in total. The maximum absolute atomic E-state index is 12.2. The first-order chi connectivity index (χ1) is 9.99. The largest absolute Gasteiger partial charge is 0.467 e. The highest BCUT2D eigenvalue weighted by Gasteiger charge is 2.15. The molecule has 0 aliphatic carbocycles. The first-order valence-electron chi connectivity index (χ1n) is 6.22. The van der Waals surface area contributed by atoms with Crippen LogP contribution in [-0.2, 0) is 21.2 Å². The van der Waals surface area contributed by atoms with Crippen molar-refractivity contribution in [1.82, 2.24) is 0 Å². The van der Waals surface area contributed by atoms with Crippen molar-refractivity contribution in [2.45, 2.75) is 11.5 Å². The molecule has 0 amide bonds. The van der Waals surface area contributed by atoms with E-state index >= 15 is 0 Å². The zero-order chi connectivity index (χ0) is 15.3. The van der Waals surface area contributed by atoms with Crippen LogP contribution in [-0.4, -0.2) is 25.8 Å². The summed E-state index contributed by atoms with van der Waals surface area (Å²) >= 11 is 4.84. The van der Waals surface area contributed by atoms with E-state index in [1.165, 1.54) is 18.4 Å². The number of furan rings is 1. The van der Waals surface area contributed by atoms with Crippen molar-refractivity contribution in [1.29, 1.82) is 0 Å². The fourth-order valence-electron chi connectivity index (χ4n) is 1.70. The van der Waals surface area contributed by atoms with E-state index in [2.05, 4.69) is 0 Å². The van der Waals surface area contributed by atoms with Crippen molar-refractivity contribution < 1.29 is 17.6 Å². The average molecular weight is 325 g/mol. The Balaban J connectivity index is 1.95. The summed E-state index contributed by atoms with van der Waals surface area (Å²) in [7, 11) is -3.43. The van der Waals surface area contributed by atoms with Crippen LogP contribution in [0.2, 0.25) is 0 Å². The average Bonchev–Trinajstić information content (AvgIpc) is 2.97. The van der Waals surface area contributed by atoms with E-state index in [1.807, 2.05) is 0 Å². The van der Waals surface area contributed by atoms with Crippen molar-refractivity contribution >= 4 is 27.0 Å². The predicted octanol–water partition coefficient (Wildman–Crippen LogP) is 1.90. The lowest BCUT2D eigenvalue weighted by Crippen LogP contribution is -2.14. The number of ether oxygens (including phenoxy) is 1. The molecule has 0 radical (unpaired) electrons. The molecule has 0 bridgehead atoms.